The monoisotopic (exact) mass is 425 g/mol. The average Bonchev–Trinajstić information content (AvgIpc) is 3.15. The van der Waals surface area contributed by atoms with Crippen molar-refractivity contribution in [1.29, 1.82) is 0 Å². The molecular formula is C23H27N3O3S. The van der Waals surface area contributed by atoms with Crippen LogP contribution in [0.4, 0.5) is 0 Å². The number of para-hydroxylation sites is 1. The molecule has 0 radical (unpaired) electrons. The third-order valence-electron chi connectivity index (χ3n) is 6.01. The molecule has 5 rings (SSSR count). The van der Waals surface area contributed by atoms with E-state index in [4.69, 9.17) is 4.74 Å². The second kappa shape index (κ2) is 7.11. The lowest BCUT2D eigenvalue weighted by atomic mass is 10.0. The highest BCUT2D eigenvalue weighted by Crippen LogP contribution is 2.46. The fourth-order valence-electron chi connectivity index (χ4n) is 4.55. The Labute approximate surface area is 177 Å². The standard InChI is InChI=1S/C23H27N3O3S/c1-16(2)29-17-8-9-22-19(14-17)23-20(15-25-12-10-24(3)11-13-25)18-6-4-5-7-21(18)26(23)30(22,27)28/h4-9,14,16H,10-13,15H2,1-3H3. The summed E-state index contributed by atoms with van der Waals surface area (Å²) >= 11 is 0. The number of benzene rings is 2. The van der Waals surface area contributed by atoms with Gasteiger partial charge in [-0.3, -0.25) is 4.90 Å². The number of rotatable bonds is 4. The van der Waals surface area contributed by atoms with Gasteiger partial charge in [0.25, 0.3) is 10.0 Å². The SMILES string of the molecule is CC(C)Oc1ccc2c(c1)-c1c(CN3CCN(C)CC3)c3ccccc3n1S2(=O)=O. The maximum Gasteiger partial charge on any atom is 0.269 e. The highest BCUT2D eigenvalue weighted by atomic mass is 32.2. The van der Waals surface area contributed by atoms with Gasteiger partial charge >= 0.3 is 0 Å². The summed E-state index contributed by atoms with van der Waals surface area (Å²) in [6.45, 7) is 8.68. The van der Waals surface area contributed by atoms with Crippen LogP contribution in [0.5, 0.6) is 5.75 Å². The van der Waals surface area contributed by atoms with Crippen molar-refractivity contribution in [2.24, 2.45) is 0 Å². The van der Waals surface area contributed by atoms with Crippen LogP contribution in [0.3, 0.4) is 0 Å². The van der Waals surface area contributed by atoms with E-state index in [1.54, 1.807) is 12.1 Å². The Hall–Kier alpha value is -2.35. The van der Waals surface area contributed by atoms with Crippen LogP contribution in [-0.4, -0.2) is 61.5 Å². The Morgan fingerprint density at radius 2 is 1.77 bits per heavy atom. The van der Waals surface area contributed by atoms with Crippen LogP contribution in [-0.2, 0) is 16.6 Å². The maximum atomic E-state index is 13.5. The van der Waals surface area contributed by atoms with E-state index in [2.05, 4.69) is 16.8 Å². The van der Waals surface area contributed by atoms with Gasteiger partial charge in [-0.05, 0) is 45.2 Å². The van der Waals surface area contributed by atoms with Gasteiger partial charge in [0, 0.05) is 49.2 Å². The van der Waals surface area contributed by atoms with Gasteiger partial charge < -0.3 is 9.64 Å². The summed E-state index contributed by atoms with van der Waals surface area (Å²) in [5.74, 6) is 0.697. The minimum Gasteiger partial charge on any atom is -0.491 e. The first kappa shape index (κ1) is 19.6. The molecule has 3 heterocycles. The van der Waals surface area contributed by atoms with Gasteiger partial charge in [0.2, 0.25) is 0 Å². The zero-order valence-corrected chi connectivity index (χ0v) is 18.4. The Balaban J connectivity index is 1.70. The largest absolute Gasteiger partial charge is 0.491 e. The molecule has 0 aliphatic carbocycles. The molecule has 3 aromatic rings. The molecule has 6 nitrogen and oxygen atoms in total. The highest BCUT2D eigenvalue weighted by Gasteiger charge is 2.37. The smallest absolute Gasteiger partial charge is 0.269 e. The van der Waals surface area contributed by atoms with E-state index in [1.165, 1.54) is 3.97 Å². The third-order valence-corrected chi connectivity index (χ3v) is 7.78. The van der Waals surface area contributed by atoms with Crippen molar-refractivity contribution in [2.75, 3.05) is 33.2 Å². The van der Waals surface area contributed by atoms with E-state index < -0.39 is 10.0 Å². The first-order valence-corrected chi connectivity index (χ1v) is 11.9. The van der Waals surface area contributed by atoms with Crippen molar-refractivity contribution < 1.29 is 13.2 Å². The molecule has 1 saturated heterocycles. The first-order valence-electron chi connectivity index (χ1n) is 10.5. The van der Waals surface area contributed by atoms with Gasteiger partial charge in [-0.1, -0.05) is 18.2 Å². The predicted molar refractivity (Wildman–Crippen MR) is 118 cm³/mol. The zero-order chi connectivity index (χ0) is 21.0. The van der Waals surface area contributed by atoms with Crippen LogP contribution >= 0.6 is 0 Å². The molecular weight excluding hydrogens is 398 g/mol. The van der Waals surface area contributed by atoms with Crippen molar-refractivity contribution in [3.8, 4) is 17.0 Å². The number of aromatic nitrogens is 1. The molecule has 30 heavy (non-hydrogen) atoms. The number of hydrogen-bond donors (Lipinski definition) is 0. The van der Waals surface area contributed by atoms with Gasteiger partial charge in [0.05, 0.1) is 22.2 Å². The topological polar surface area (TPSA) is 54.8 Å². The maximum absolute atomic E-state index is 13.5. The van der Waals surface area contributed by atoms with Crippen LogP contribution < -0.4 is 4.74 Å². The summed E-state index contributed by atoms with van der Waals surface area (Å²) in [5, 5.41) is 1.01. The van der Waals surface area contributed by atoms with Gasteiger partial charge in [0.1, 0.15) is 5.75 Å². The zero-order valence-electron chi connectivity index (χ0n) is 17.6. The van der Waals surface area contributed by atoms with Crippen LogP contribution in [0, 0.1) is 0 Å². The molecule has 2 aromatic carbocycles. The number of hydrogen-bond acceptors (Lipinski definition) is 5. The van der Waals surface area contributed by atoms with E-state index in [9.17, 15) is 8.42 Å². The van der Waals surface area contributed by atoms with Crippen molar-refractivity contribution in [3.63, 3.8) is 0 Å². The van der Waals surface area contributed by atoms with E-state index >= 15 is 0 Å². The molecule has 0 N–H and O–H groups in total. The number of fused-ring (bicyclic) bond motifs is 5. The van der Waals surface area contributed by atoms with Crippen LogP contribution in [0.15, 0.2) is 47.4 Å². The molecule has 0 unspecified atom stereocenters. The molecule has 158 valence electrons. The Morgan fingerprint density at radius 1 is 1.03 bits per heavy atom. The van der Waals surface area contributed by atoms with Crippen LogP contribution in [0.2, 0.25) is 0 Å². The predicted octanol–water partition coefficient (Wildman–Crippen LogP) is 3.39. The van der Waals surface area contributed by atoms with Crippen molar-refractivity contribution in [2.45, 2.75) is 31.4 Å². The molecule has 1 aromatic heterocycles. The number of likely N-dealkylation sites (N-methyl/N-ethyl adjacent to an activating group) is 1. The second-order valence-corrected chi connectivity index (χ2v) is 10.3. The average molecular weight is 426 g/mol. The third kappa shape index (κ3) is 3.04. The summed E-state index contributed by atoms with van der Waals surface area (Å²) in [6.07, 6.45) is 0.0247. The van der Waals surface area contributed by atoms with Crippen molar-refractivity contribution in [3.05, 3.63) is 48.0 Å². The molecule has 1 fully saturated rings. The molecule has 2 aliphatic rings. The molecule has 2 aliphatic heterocycles. The van der Waals surface area contributed by atoms with E-state index in [1.807, 2.05) is 44.2 Å². The molecule has 0 atom stereocenters. The van der Waals surface area contributed by atoms with Gasteiger partial charge in [0.15, 0.2) is 0 Å². The number of nitrogens with zero attached hydrogens (tertiary/aromatic N) is 3. The van der Waals surface area contributed by atoms with E-state index in [0.717, 1.165) is 60.4 Å². The molecule has 0 saturated carbocycles. The van der Waals surface area contributed by atoms with Gasteiger partial charge in [-0.25, -0.2) is 12.4 Å². The summed E-state index contributed by atoms with van der Waals surface area (Å²) < 4.78 is 34.4. The summed E-state index contributed by atoms with van der Waals surface area (Å²) in [4.78, 5) is 5.11. The lowest BCUT2D eigenvalue weighted by Crippen LogP contribution is -2.43. The van der Waals surface area contributed by atoms with Crippen LogP contribution in [0.25, 0.3) is 22.2 Å². The van der Waals surface area contributed by atoms with E-state index in [-0.39, 0.29) is 6.10 Å². The highest BCUT2D eigenvalue weighted by molar-refractivity contribution is 7.90. The fraction of sp³-hybridized carbons (Fsp3) is 0.391. The Bertz CT molecular complexity index is 1220. The Kier molecular flexibility index (Phi) is 4.65. The molecule has 0 bridgehead atoms. The van der Waals surface area contributed by atoms with Gasteiger partial charge in [-0.2, -0.15) is 0 Å². The Morgan fingerprint density at radius 3 is 2.50 bits per heavy atom. The lowest BCUT2D eigenvalue weighted by Gasteiger charge is -2.32. The molecule has 0 amide bonds. The normalized spacial score (nSPS) is 18.7. The summed E-state index contributed by atoms with van der Waals surface area (Å²) in [6, 6.07) is 13.2. The molecule has 0 spiro atoms. The van der Waals surface area contributed by atoms with Crippen molar-refractivity contribution >= 4 is 20.9 Å². The van der Waals surface area contributed by atoms with E-state index in [0.29, 0.717) is 10.6 Å². The second-order valence-electron chi connectivity index (χ2n) is 8.52. The van der Waals surface area contributed by atoms with Gasteiger partial charge in [-0.15, -0.1) is 0 Å². The fourth-order valence-corrected chi connectivity index (χ4v) is 6.29. The molecule has 7 heteroatoms. The number of piperazine rings is 1. The lowest BCUT2D eigenvalue weighted by molar-refractivity contribution is 0.148. The van der Waals surface area contributed by atoms with Crippen molar-refractivity contribution in [1.82, 2.24) is 13.8 Å². The van der Waals surface area contributed by atoms with Crippen LogP contribution in [0.1, 0.15) is 19.4 Å². The minimum atomic E-state index is -3.63. The first-order chi connectivity index (χ1) is 14.4. The minimum absolute atomic E-state index is 0.0247. The number of ether oxygens (including phenoxy) is 1. The summed E-state index contributed by atoms with van der Waals surface area (Å²) in [5.41, 5.74) is 3.37. The summed E-state index contributed by atoms with van der Waals surface area (Å²) in [7, 11) is -1.49. The quantitative estimate of drug-likeness (QED) is 0.502.